The lowest BCUT2D eigenvalue weighted by Gasteiger charge is -2.23. The Kier molecular flexibility index (Phi) is 24.5. The number of hydrogen-bond donors (Lipinski definition) is 0. The minimum absolute atomic E-state index is 0.207. The van der Waals surface area contributed by atoms with Gasteiger partial charge in [0.05, 0.1) is 41.0 Å². The molecule has 0 spiro atoms. The van der Waals surface area contributed by atoms with Crippen molar-refractivity contribution in [1.29, 1.82) is 0 Å². The van der Waals surface area contributed by atoms with Gasteiger partial charge in [0.1, 0.15) is 12.6 Å². The highest BCUT2D eigenvalue weighted by Gasteiger charge is 2.15. The van der Waals surface area contributed by atoms with Gasteiger partial charge >= 0.3 is 6.01 Å². The molecule has 1 aromatic heterocycles. The van der Waals surface area contributed by atoms with E-state index in [0.29, 0.717) is 43.8 Å². The summed E-state index contributed by atoms with van der Waals surface area (Å²) in [6.45, 7) is 5.63. The van der Waals surface area contributed by atoms with E-state index in [-0.39, 0.29) is 6.10 Å². The van der Waals surface area contributed by atoms with Gasteiger partial charge in [0, 0.05) is 41.3 Å². The summed E-state index contributed by atoms with van der Waals surface area (Å²) < 4.78 is 31.0. The molecule has 0 aromatic carbocycles. The number of rotatable bonds is 30. The van der Waals surface area contributed by atoms with Gasteiger partial charge in [-0.05, 0) is 18.9 Å². The van der Waals surface area contributed by atoms with Crippen molar-refractivity contribution in [3.8, 4) is 6.01 Å². The lowest BCUT2D eigenvalue weighted by Crippen LogP contribution is -2.37. The number of ether oxygens (including phenoxy) is 3. The average molecular weight is 599 g/mol. The second-order valence-corrected chi connectivity index (χ2v) is 14.1. The Morgan fingerprint density at radius 2 is 1.24 bits per heavy atom. The standard InChI is InChI=1S/C33H64N3O4S/c1-5-6-7-8-9-10-11-12-13-14-15-16-17-18-19-20-26-39-31-32(40-33-34-23-21-24-35-33)22-29-41(37)30-28-38-27-25-36(2,3)4/h21,23-24,32H,5-20,22,25-31H2,1-4H3/q+1. The molecule has 1 rings (SSSR count). The fourth-order valence-electron chi connectivity index (χ4n) is 4.60. The molecular formula is C33H64N3O4S+. The Labute approximate surface area is 255 Å². The molecule has 240 valence electrons. The highest BCUT2D eigenvalue weighted by molar-refractivity contribution is 7.84. The molecule has 0 fully saturated rings. The third-order valence-corrected chi connectivity index (χ3v) is 8.60. The maximum atomic E-state index is 12.5. The van der Waals surface area contributed by atoms with E-state index < -0.39 is 10.8 Å². The Bertz CT molecular complexity index is 718. The number of aromatic nitrogens is 2. The molecule has 0 N–H and O–H groups in total. The van der Waals surface area contributed by atoms with Crippen LogP contribution < -0.4 is 4.74 Å². The molecular weight excluding hydrogens is 534 g/mol. The zero-order chi connectivity index (χ0) is 29.9. The van der Waals surface area contributed by atoms with Gasteiger partial charge in [0.15, 0.2) is 0 Å². The van der Waals surface area contributed by atoms with Crippen LogP contribution in [0, 0.1) is 0 Å². The van der Waals surface area contributed by atoms with Crippen LogP contribution in [0.4, 0.5) is 0 Å². The second kappa shape index (κ2) is 26.5. The monoisotopic (exact) mass is 598 g/mol. The van der Waals surface area contributed by atoms with Crippen LogP contribution in [0.1, 0.15) is 116 Å². The van der Waals surface area contributed by atoms with Crippen molar-refractivity contribution >= 4 is 10.8 Å². The lowest BCUT2D eigenvalue weighted by atomic mass is 10.0. The molecule has 0 saturated heterocycles. The minimum Gasteiger partial charge on any atom is -0.458 e. The summed E-state index contributed by atoms with van der Waals surface area (Å²) in [5.41, 5.74) is 0. The topological polar surface area (TPSA) is 70.5 Å². The molecule has 7 nitrogen and oxygen atoms in total. The van der Waals surface area contributed by atoms with Gasteiger partial charge in [-0.25, -0.2) is 9.97 Å². The molecule has 8 heteroatoms. The first-order valence-corrected chi connectivity index (χ1v) is 18.1. The van der Waals surface area contributed by atoms with Crippen LogP contribution in [-0.4, -0.2) is 90.4 Å². The van der Waals surface area contributed by atoms with Gasteiger partial charge in [0.25, 0.3) is 0 Å². The van der Waals surface area contributed by atoms with Crippen molar-refractivity contribution < 1.29 is 22.9 Å². The summed E-state index contributed by atoms with van der Waals surface area (Å²) in [7, 11) is 5.47. The van der Waals surface area contributed by atoms with Crippen LogP contribution >= 0.6 is 0 Å². The van der Waals surface area contributed by atoms with E-state index in [1.54, 1.807) is 18.5 Å². The molecule has 0 aliphatic heterocycles. The normalized spacial score (nSPS) is 13.4. The Balaban J connectivity index is 2.07. The summed E-state index contributed by atoms with van der Waals surface area (Å²) in [4.78, 5) is 8.36. The van der Waals surface area contributed by atoms with E-state index >= 15 is 0 Å². The molecule has 0 bridgehead atoms. The summed E-state index contributed by atoms with van der Waals surface area (Å²) in [5.74, 6) is 1.10. The van der Waals surface area contributed by atoms with Crippen LogP contribution in [0.15, 0.2) is 18.5 Å². The van der Waals surface area contributed by atoms with Crippen LogP contribution in [0.5, 0.6) is 6.01 Å². The van der Waals surface area contributed by atoms with Crippen LogP contribution in [0.25, 0.3) is 0 Å². The molecule has 0 amide bonds. The van der Waals surface area contributed by atoms with E-state index in [1.807, 2.05) is 0 Å². The highest BCUT2D eigenvalue weighted by atomic mass is 32.2. The summed E-state index contributed by atoms with van der Waals surface area (Å²) >= 11 is 0. The zero-order valence-corrected chi connectivity index (χ0v) is 28.0. The largest absolute Gasteiger partial charge is 0.458 e. The maximum absolute atomic E-state index is 12.5. The van der Waals surface area contributed by atoms with Crippen molar-refractivity contribution in [3.05, 3.63) is 18.5 Å². The summed E-state index contributed by atoms with van der Waals surface area (Å²) in [6.07, 6.45) is 25.6. The molecule has 1 heterocycles. The number of unbranched alkanes of at least 4 members (excludes halogenated alkanes) is 15. The summed E-state index contributed by atoms with van der Waals surface area (Å²) in [5, 5.41) is 0. The van der Waals surface area contributed by atoms with Gasteiger partial charge in [-0.1, -0.05) is 103 Å². The van der Waals surface area contributed by atoms with Crippen molar-refractivity contribution in [3.63, 3.8) is 0 Å². The smallest absolute Gasteiger partial charge is 0.316 e. The minimum atomic E-state index is -0.950. The first kappa shape index (κ1) is 37.9. The molecule has 0 aliphatic rings. The van der Waals surface area contributed by atoms with Crippen molar-refractivity contribution in [2.24, 2.45) is 0 Å². The average Bonchev–Trinajstić information content (AvgIpc) is 2.95. The first-order valence-electron chi connectivity index (χ1n) is 16.7. The Hall–Kier alpha value is -1.09. The molecule has 0 saturated carbocycles. The third kappa shape index (κ3) is 26.3. The van der Waals surface area contributed by atoms with E-state index in [9.17, 15) is 4.21 Å². The van der Waals surface area contributed by atoms with Crippen LogP contribution in [0.3, 0.4) is 0 Å². The van der Waals surface area contributed by atoms with E-state index in [4.69, 9.17) is 14.2 Å². The Morgan fingerprint density at radius 3 is 1.78 bits per heavy atom. The van der Waals surface area contributed by atoms with Gasteiger partial charge in [-0.2, -0.15) is 0 Å². The number of hydrogen-bond acceptors (Lipinski definition) is 6. The predicted octanol–water partition coefficient (Wildman–Crippen LogP) is 7.36. The van der Waals surface area contributed by atoms with Crippen molar-refractivity contribution in [2.75, 3.05) is 65.6 Å². The predicted molar refractivity (Wildman–Crippen MR) is 173 cm³/mol. The number of nitrogens with zero attached hydrogens (tertiary/aromatic N) is 3. The Morgan fingerprint density at radius 1 is 0.707 bits per heavy atom. The third-order valence-electron chi connectivity index (χ3n) is 7.29. The van der Waals surface area contributed by atoms with Gasteiger partial charge in [-0.15, -0.1) is 0 Å². The number of likely N-dealkylation sites (N-methyl/N-ethyl adjacent to an activating group) is 1. The van der Waals surface area contributed by atoms with Gasteiger partial charge in [0.2, 0.25) is 0 Å². The molecule has 2 unspecified atom stereocenters. The van der Waals surface area contributed by atoms with Crippen molar-refractivity contribution in [2.45, 2.75) is 122 Å². The van der Waals surface area contributed by atoms with E-state index in [0.717, 1.165) is 24.1 Å². The molecule has 0 aliphatic carbocycles. The van der Waals surface area contributed by atoms with Crippen LogP contribution in [-0.2, 0) is 20.3 Å². The van der Waals surface area contributed by atoms with Crippen LogP contribution in [0.2, 0.25) is 0 Å². The summed E-state index contributed by atoms with van der Waals surface area (Å²) in [6, 6.07) is 2.11. The maximum Gasteiger partial charge on any atom is 0.316 e. The van der Waals surface area contributed by atoms with Crippen molar-refractivity contribution in [1.82, 2.24) is 9.97 Å². The fraction of sp³-hybridized carbons (Fsp3) is 0.879. The SMILES string of the molecule is CCCCCCCCCCCCCCCCCCOCC(CCS(=O)CCOCC[N+](C)(C)C)Oc1ncccn1. The molecule has 0 radical (unpaired) electrons. The highest BCUT2D eigenvalue weighted by Crippen LogP contribution is 2.14. The number of quaternary nitrogens is 1. The molecule has 2 atom stereocenters. The van der Waals surface area contributed by atoms with Gasteiger partial charge in [-0.3, -0.25) is 4.21 Å². The van der Waals surface area contributed by atoms with E-state index in [2.05, 4.69) is 38.0 Å². The molecule has 1 aromatic rings. The first-order chi connectivity index (χ1) is 19.9. The lowest BCUT2D eigenvalue weighted by molar-refractivity contribution is -0.870. The fourth-order valence-corrected chi connectivity index (χ4v) is 5.63. The second-order valence-electron chi connectivity index (χ2n) is 12.4. The van der Waals surface area contributed by atoms with E-state index in [1.165, 1.54) is 96.3 Å². The zero-order valence-electron chi connectivity index (χ0n) is 27.2. The van der Waals surface area contributed by atoms with Gasteiger partial charge < -0.3 is 18.7 Å². The molecule has 41 heavy (non-hydrogen) atoms. The quantitative estimate of drug-likeness (QED) is 0.0681.